The molecule has 1 unspecified atom stereocenters. The van der Waals surface area contributed by atoms with Crippen molar-refractivity contribution in [2.75, 3.05) is 26.9 Å². The third-order valence-corrected chi connectivity index (χ3v) is 3.48. The summed E-state index contributed by atoms with van der Waals surface area (Å²) in [5, 5.41) is 3.58. The van der Waals surface area contributed by atoms with Crippen molar-refractivity contribution < 1.29 is 4.42 Å². The standard InChI is InChI=1S/C14H26N2OS/c1-11(2)14(9-16(3)4)15-8-12-6-7-13(17-12)10-18-5/h6-7,11,14-15H,8-10H2,1-5H3. The normalized spacial score (nSPS) is 13.5. The van der Waals surface area contributed by atoms with Crippen LogP contribution in [0.1, 0.15) is 25.4 Å². The highest BCUT2D eigenvalue weighted by Gasteiger charge is 2.14. The van der Waals surface area contributed by atoms with Gasteiger partial charge in [-0.1, -0.05) is 13.8 Å². The molecule has 1 atom stereocenters. The van der Waals surface area contributed by atoms with Crippen molar-refractivity contribution in [2.24, 2.45) is 5.92 Å². The summed E-state index contributed by atoms with van der Waals surface area (Å²) in [6.07, 6.45) is 2.09. The summed E-state index contributed by atoms with van der Waals surface area (Å²) in [6.45, 7) is 6.37. The van der Waals surface area contributed by atoms with Crippen LogP contribution in [0.5, 0.6) is 0 Å². The smallest absolute Gasteiger partial charge is 0.118 e. The first-order valence-electron chi connectivity index (χ1n) is 6.47. The third-order valence-electron chi connectivity index (χ3n) is 2.91. The van der Waals surface area contributed by atoms with Gasteiger partial charge in [0, 0.05) is 12.6 Å². The molecule has 0 spiro atoms. The number of thioether (sulfide) groups is 1. The van der Waals surface area contributed by atoms with E-state index in [1.54, 1.807) is 11.8 Å². The fourth-order valence-corrected chi connectivity index (χ4v) is 2.31. The molecule has 18 heavy (non-hydrogen) atoms. The molecule has 0 aliphatic rings. The van der Waals surface area contributed by atoms with Gasteiger partial charge >= 0.3 is 0 Å². The Kier molecular flexibility index (Phi) is 6.82. The Labute approximate surface area is 115 Å². The Bertz CT molecular complexity index is 336. The fourth-order valence-electron chi connectivity index (χ4n) is 1.87. The van der Waals surface area contributed by atoms with Crippen LogP contribution in [0.15, 0.2) is 16.5 Å². The molecule has 0 radical (unpaired) electrons. The highest BCUT2D eigenvalue weighted by atomic mass is 32.2. The topological polar surface area (TPSA) is 28.4 Å². The van der Waals surface area contributed by atoms with Crippen LogP contribution in [0, 0.1) is 5.92 Å². The SMILES string of the molecule is CSCc1ccc(CNC(CN(C)C)C(C)C)o1. The van der Waals surface area contributed by atoms with Crippen LogP contribution in [-0.4, -0.2) is 37.8 Å². The van der Waals surface area contributed by atoms with Crippen molar-refractivity contribution in [2.45, 2.75) is 32.2 Å². The molecule has 4 heteroatoms. The number of rotatable bonds is 8. The van der Waals surface area contributed by atoms with E-state index in [1.165, 1.54) is 0 Å². The minimum Gasteiger partial charge on any atom is -0.464 e. The third kappa shape index (κ3) is 5.46. The van der Waals surface area contributed by atoms with E-state index in [-0.39, 0.29) is 0 Å². The summed E-state index contributed by atoms with van der Waals surface area (Å²) in [6, 6.07) is 4.64. The van der Waals surface area contributed by atoms with Crippen molar-refractivity contribution >= 4 is 11.8 Å². The van der Waals surface area contributed by atoms with Gasteiger partial charge in [-0.25, -0.2) is 0 Å². The number of hydrogen-bond acceptors (Lipinski definition) is 4. The average molecular weight is 270 g/mol. The summed E-state index contributed by atoms with van der Waals surface area (Å²) in [7, 11) is 4.22. The van der Waals surface area contributed by atoms with Crippen LogP contribution in [0.25, 0.3) is 0 Å². The Balaban J connectivity index is 2.45. The van der Waals surface area contributed by atoms with Gasteiger partial charge in [-0.05, 0) is 38.4 Å². The van der Waals surface area contributed by atoms with Crippen LogP contribution in [0.4, 0.5) is 0 Å². The van der Waals surface area contributed by atoms with Crippen molar-refractivity contribution in [1.82, 2.24) is 10.2 Å². The van der Waals surface area contributed by atoms with Crippen LogP contribution in [0.2, 0.25) is 0 Å². The molecule has 1 aromatic rings. The highest BCUT2D eigenvalue weighted by molar-refractivity contribution is 7.97. The van der Waals surface area contributed by atoms with Gasteiger partial charge in [0.2, 0.25) is 0 Å². The second-order valence-corrected chi connectivity index (χ2v) is 6.16. The molecule has 3 nitrogen and oxygen atoms in total. The maximum Gasteiger partial charge on any atom is 0.118 e. The van der Waals surface area contributed by atoms with E-state index in [2.05, 4.69) is 56.5 Å². The van der Waals surface area contributed by atoms with E-state index in [4.69, 9.17) is 4.42 Å². The summed E-state index contributed by atoms with van der Waals surface area (Å²) < 4.78 is 5.76. The van der Waals surface area contributed by atoms with Crippen LogP contribution in [-0.2, 0) is 12.3 Å². The van der Waals surface area contributed by atoms with Gasteiger partial charge in [0.05, 0.1) is 12.3 Å². The first kappa shape index (κ1) is 15.6. The van der Waals surface area contributed by atoms with E-state index in [9.17, 15) is 0 Å². The number of likely N-dealkylation sites (N-methyl/N-ethyl adjacent to an activating group) is 1. The summed E-state index contributed by atoms with van der Waals surface area (Å²) in [4.78, 5) is 2.22. The number of hydrogen-bond donors (Lipinski definition) is 1. The predicted octanol–water partition coefficient (Wildman–Crippen LogP) is 2.82. The van der Waals surface area contributed by atoms with E-state index in [0.717, 1.165) is 30.4 Å². The molecule has 0 aliphatic carbocycles. The molecule has 0 aliphatic heterocycles. The van der Waals surface area contributed by atoms with E-state index >= 15 is 0 Å². The van der Waals surface area contributed by atoms with Gasteiger partial charge in [-0.3, -0.25) is 0 Å². The number of nitrogens with zero attached hydrogens (tertiary/aromatic N) is 1. The maximum atomic E-state index is 5.76. The summed E-state index contributed by atoms with van der Waals surface area (Å²) >= 11 is 1.78. The minimum atomic E-state index is 0.495. The Morgan fingerprint density at radius 1 is 1.28 bits per heavy atom. The molecule has 0 aromatic carbocycles. The average Bonchev–Trinajstić information content (AvgIpc) is 2.72. The van der Waals surface area contributed by atoms with Crippen molar-refractivity contribution in [1.29, 1.82) is 0 Å². The van der Waals surface area contributed by atoms with E-state index in [0.29, 0.717) is 12.0 Å². The molecule has 1 N–H and O–H groups in total. The first-order valence-corrected chi connectivity index (χ1v) is 7.87. The molecular formula is C14H26N2OS. The monoisotopic (exact) mass is 270 g/mol. The van der Waals surface area contributed by atoms with Gasteiger partial charge in [-0.2, -0.15) is 11.8 Å². The zero-order valence-corrected chi connectivity index (χ0v) is 13.0. The lowest BCUT2D eigenvalue weighted by molar-refractivity contribution is 0.281. The largest absolute Gasteiger partial charge is 0.464 e. The molecular weight excluding hydrogens is 244 g/mol. The lowest BCUT2D eigenvalue weighted by atomic mass is 10.0. The Morgan fingerprint density at radius 2 is 1.94 bits per heavy atom. The number of nitrogens with one attached hydrogen (secondary N) is 1. The second kappa shape index (κ2) is 7.87. The lowest BCUT2D eigenvalue weighted by Crippen LogP contribution is -2.41. The molecule has 1 heterocycles. The maximum absolute atomic E-state index is 5.76. The molecule has 0 saturated carbocycles. The van der Waals surface area contributed by atoms with Crippen LogP contribution in [0.3, 0.4) is 0 Å². The fraction of sp³-hybridized carbons (Fsp3) is 0.714. The van der Waals surface area contributed by atoms with Gasteiger partial charge < -0.3 is 14.6 Å². The molecule has 0 saturated heterocycles. The van der Waals surface area contributed by atoms with E-state index in [1.807, 2.05) is 0 Å². The highest BCUT2D eigenvalue weighted by Crippen LogP contribution is 2.14. The lowest BCUT2D eigenvalue weighted by Gasteiger charge is -2.25. The summed E-state index contributed by atoms with van der Waals surface area (Å²) in [5.74, 6) is 3.66. The minimum absolute atomic E-state index is 0.495. The number of furan rings is 1. The molecule has 0 fully saturated rings. The summed E-state index contributed by atoms with van der Waals surface area (Å²) in [5.41, 5.74) is 0. The molecule has 0 bridgehead atoms. The second-order valence-electron chi connectivity index (χ2n) is 5.29. The van der Waals surface area contributed by atoms with Crippen molar-refractivity contribution in [3.8, 4) is 0 Å². The van der Waals surface area contributed by atoms with Gasteiger partial charge in [0.15, 0.2) is 0 Å². The van der Waals surface area contributed by atoms with Crippen molar-refractivity contribution in [3.05, 3.63) is 23.7 Å². The van der Waals surface area contributed by atoms with Crippen LogP contribution < -0.4 is 5.32 Å². The van der Waals surface area contributed by atoms with Gasteiger partial charge in [-0.15, -0.1) is 0 Å². The van der Waals surface area contributed by atoms with E-state index < -0.39 is 0 Å². The molecule has 104 valence electrons. The van der Waals surface area contributed by atoms with Crippen LogP contribution >= 0.6 is 11.8 Å². The molecule has 0 amide bonds. The van der Waals surface area contributed by atoms with Gasteiger partial charge in [0.25, 0.3) is 0 Å². The molecule has 1 rings (SSSR count). The van der Waals surface area contributed by atoms with Gasteiger partial charge in [0.1, 0.15) is 11.5 Å². The Morgan fingerprint density at radius 3 is 2.50 bits per heavy atom. The first-order chi connectivity index (χ1) is 8.52. The molecule has 1 aromatic heterocycles. The zero-order chi connectivity index (χ0) is 13.5. The zero-order valence-electron chi connectivity index (χ0n) is 12.2. The predicted molar refractivity (Wildman–Crippen MR) is 79.9 cm³/mol. The Hall–Kier alpha value is -0.450. The quantitative estimate of drug-likeness (QED) is 0.786. The van der Waals surface area contributed by atoms with Crippen molar-refractivity contribution in [3.63, 3.8) is 0 Å².